The van der Waals surface area contributed by atoms with Crippen molar-refractivity contribution in [3.63, 3.8) is 0 Å². The fourth-order valence-electron chi connectivity index (χ4n) is 3.19. The summed E-state index contributed by atoms with van der Waals surface area (Å²) in [4.78, 5) is 17.8. The number of hydrogen-bond acceptors (Lipinski definition) is 4. The highest BCUT2D eigenvalue weighted by molar-refractivity contribution is 5.91. The zero-order chi connectivity index (χ0) is 20.4. The predicted octanol–water partition coefficient (Wildman–Crippen LogP) is 3.78. The Labute approximate surface area is 169 Å². The van der Waals surface area contributed by atoms with Crippen molar-refractivity contribution in [2.24, 2.45) is 0 Å². The Bertz CT molecular complexity index is 1140. The lowest BCUT2D eigenvalue weighted by Gasteiger charge is -2.07. The molecule has 0 aliphatic heterocycles. The molecule has 0 bridgehead atoms. The minimum Gasteiger partial charge on any atom is -0.451 e. The molecule has 3 heterocycles. The molecule has 7 nitrogen and oxygen atoms in total. The van der Waals surface area contributed by atoms with Gasteiger partial charge in [0.1, 0.15) is 5.76 Å². The van der Waals surface area contributed by atoms with E-state index in [0.29, 0.717) is 18.1 Å². The molecule has 0 atom stereocenters. The minimum atomic E-state index is -0.155. The quantitative estimate of drug-likeness (QED) is 0.503. The molecule has 4 aromatic rings. The van der Waals surface area contributed by atoms with E-state index in [1.54, 1.807) is 20.2 Å². The van der Waals surface area contributed by atoms with Crippen LogP contribution in [-0.4, -0.2) is 44.2 Å². The van der Waals surface area contributed by atoms with Gasteiger partial charge in [0.25, 0.3) is 5.91 Å². The van der Waals surface area contributed by atoms with Crippen LogP contribution in [0, 0.1) is 0 Å². The molecule has 4 rings (SSSR count). The summed E-state index contributed by atoms with van der Waals surface area (Å²) in [5, 5.41) is 4.71. The Balaban J connectivity index is 1.57. The first-order valence-electron chi connectivity index (χ1n) is 9.50. The fourth-order valence-corrected chi connectivity index (χ4v) is 3.19. The standard InChI is InChI=1S/C22H23N5O2/c1-4-26-15-23-13-18(26)14-27-11-10-19(24-27)16-6-5-7-17(12-16)20-8-9-21(29-20)22(28)25(2)3/h5-13,15H,4,14H2,1-3H3. The van der Waals surface area contributed by atoms with Crippen LogP contribution < -0.4 is 0 Å². The summed E-state index contributed by atoms with van der Waals surface area (Å²) in [6.07, 6.45) is 5.67. The first kappa shape index (κ1) is 18.7. The van der Waals surface area contributed by atoms with Gasteiger partial charge in [-0.3, -0.25) is 9.48 Å². The number of imidazole rings is 1. The maximum atomic E-state index is 12.1. The molecule has 0 aliphatic rings. The molecule has 0 aliphatic carbocycles. The number of amides is 1. The van der Waals surface area contributed by atoms with Gasteiger partial charge in [-0.15, -0.1) is 0 Å². The number of aromatic nitrogens is 4. The van der Waals surface area contributed by atoms with Crippen molar-refractivity contribution >= 4 is 5.91 Å². The number of nitrogens with zero attached hydrogens (tertiary/aromatic N) is 5. The van der Waals surface area contributed by atoms with Crippen LogP contribution in [0.15, 0.2) is 65.6 Å². The number of hydrogen-bond donors (Lipinski definition) is 0. The van der Waals surface area contributed by atoms with Gasteiger partial charge in [-0.05, 0) is 31.2 Å². The van der Waals surface area contributed by atoms with Gasteiger partial charge < -0.3 is 13.9 Å². The average molecular weight is 389 g/mol. The van der Waals surface area contributed by atoms with E-state index in [-0.39, 0.29) is 5.91 Å². The lowest BCUT2D eigenvalue weighted by atomic mass is 10.1. The van der Waals surface area contributed by atoms with E-state index in [9.17, 15) is 4.79 Å². The summed E-state index contributed by atoms with van der Waals surface area (Å²) in [5.74, 6) is 0.827. The van der Waals surface area contributed by atoms with E-state index in [1.807, 2.05) is 59.8 Å². The Morgan fingerprint density at radius 2 is 1.97 bits per heavy atom. The third kappa shape index (κ3) is 3.85. The lowest BCUT2D eigenvalue weighted by Crippen LogP contribution is -2.20. The Morgan fingerprint density at radius 3 is 2.76 bits per heavy atom. The van der Waals surface area contributed by atoms with Crippen molar-refractivity contribution in [3.8, 4) is 22.6 Å². The molecule has 0 N–H and O–H groups in total. The Morgan fingerprint density at radius 1 is 1.14 bits per heavy atom. The third-order valence-electron chi connectivity index (χ3n) is 4.77. The number of carbonyl (C=O) groups is 1. The van der Waals surface area contributed by atoms with Gasteiger partial charge in [0, 0.05) is 38.0 Å². The van der Waals surface area contributed by atoms with E-state index >= 15 is 0 Å². The second-order valence-corrected chi connectivity index (χ2v) is 7.01. The molecule has 0 radical (unpaired) electrons. The van der Waals surface area contributed by atoms with Crippen molar-refractivity contribution < 1.29 is 9.21 Å². The van der Waals surface area contributed by atoms with E-state index in [0.717, 1.165) is 29.1 Å². The smallest absolute Gasteiger partial charge is 0.289 e. The predicted molar refractivity (Wildman–Crippen MR) is 110 cm³/mol. The van der Waals surface area contributed by atoms with Crippen molar-refractivity contribution in [2.75, 3.05) is 14.1 Å². The zero-order valence-corrected chi connectivity index (χ0v) is 16.7. The maximum absolute atomic E-state index is 12.1. The largest absolute Gasteiger partial charge is 0.451 e. The van der Waals surface area contributed by atoms with Crippen LogP contribution in [0.5, 0.6) is 0 Å². The summed E-state index contributed by atoms with van der Waals surface area (Å²) in [5.41, 5.74) is 3.89. The third-order valence-corrected chi connectivity index (χ3v) is 4.77. The highest BCUT2D eigenvalue weighted by Gasteiger charge is 2.14. The average Bonchev–Trinajstić information content (AvgIpc) is 3.48. The summed E-state index contributed by atoms with van der Waals surface area (Å²) in [7, 11) is 3.41. The molecule has 0 saturated carbocycles. The topological polar surface area (TPSA) is 69.1 Å². The monoisotopic (exact) mass is 389 g/mol. The summed E-state index contributed by atoms with van der Waals surface area (Å²) in [6.45, 7) is 3.64. The van der Waals surface area contributed by atoms with Gasteiger partial charge in [-0.25, -0.2) is 4.98 Å². The molecule has 7 heteroatoms. The molecular formula is C22H23N5O2. The van der Waals surface area contributed by atoms with Crippen LogP contribution in [0.2, 0.25) is 0 Å². The van der Waals surface area contributed by atoms with Gasteiger partial charge in [-0.1, -0.05) is 18.2 Å². The van der Waals surface area contributed by atoms with E-state index in [2.05, 4.69) is 16.5 Å². The van der Waals surface area contributed by atoms with Crippen molar-refractivity contribution in [1.29, 1.82) is 0 Å². The molecule has 148 valence electrons. The molecular weight excluding hydrogens is 366 g/mol. The van der Waals surface area contributed by atoms with E-state index in [4.69, 9.17) is 9.52 Å². The lowest BCUT2D eigenvalue weighted by molar-refractivity contribution is 0.0797. The van der Waals surface area contributed by atoms with Crippen LogP contribution in [0.1, 0.15) is 23.2 Å². The van der Waals surface area contributed by atoms with Crippen molar-refractivity contribution in [2.45, 2.75) is 20.0 Å². The van der Waals surface area contributed by atoms with Gasteiger partial charge in [0.15, 0.2) is 5.76 Å². The van der Waals surface area contributed by atoms with Crippen LogP contribution in [0.4, 0.5) is 0 Å². The number of furan rings is 1. The van der Waals surface area contributed by atoms with Crippen LogP contribution in [-0.2, 0) is 13.1 Å². The van der Waals surface area contributed by atoms with Crippen molar-refractivity contribution in [1.82, 2.24) is 24.2 Å². The molecule has 1 aromatic carbocycles. The second kappa shape index (κ2) is 7.79. The fraction of sp³-hybridized carbons (Fsp3) is 0.227. The molecule has 1 amide bonds. The maximum Gasteiger partial charge on any atom is 0.289 e. The Hall–Kier alpha value is -3.61. The first-order chi connectivity index (χ1) is 14.0. The van der Waals surface area contributed by atoms with E-state index < -0.39 is 0 Å². The second-order valence-electron chi connectivity index (χ2n) is 7.01. The van der Waals surface area contributed by atoms with Gasteiger partial charge in [-0.2, -0.15) is 5.10 Å². The Kier molecular flexibility index (Phi) is 5.03. The van der Waals surface area contributed by atoms with Crippen LogP contribution >= 0.6 is 0 Å². The van der Waals surface area contributed by atoms with Crippen LogP contribution in [0.25, 0.3) is 22.6 Å². The van der Waals surface area contributed by atoms with Crippen LogP contribution in [0.3, 0.4) is 0 Å². The highest BCUT2D eigenvalue weighted by Crippen LogP contribution is 2.27. The van der Waals surface area contributed by atoms with Gasteiger partial charge in [0.2, 0.25) is 0 Å². The molecule has 0 spiro atoms. The number of carbonyl (C=O) groups excluding carboxylic acids is 1. The zero-order valence-electron chi connectivity index (χ0n) is 16.7. The minimum absolute atomic E-state index is 0.155. The van der Waals surface area contributed by atoms with E-state index in [1.165, 1.54) is 4.90 Å². The normalized spacial score (nSPS) is 11.0. The van der Waals surface area contributed by atoms with Crippen molar-refractivity contribution in [3.05, 3.63) is 72.6 Å². The SMILES string of the molecule is CCn1cncc1Cn1ccc(-c2cccc(-c3ccc(C(=O)N(C)C)o3)c2)n1. The summed E-state index contributed by atoms with van der Waals surface area (Å²) >= 11 is 0. The molecule has 0 unspecified atom stereocenters. The first-order valence-corrected chi connectivity index (χ1v) is 9.50. The number of rotatable bonds is 6. The number of aryl methyl sites for hydroxylation is 1. The molecule has 0 saturated heterocycles. The highest BCUT2D eigenvalue weighted by atomic mass is 16.4. The molecule has 3 aromatic heterocycles. The van der Waals surface area contributed by atoms with Gasteiger partial charge in [0.05, 0.1) is 30.5 Å². The number of benzene rings is 1. The molecule has 29 heavy (non-hydrogen) atoms. The van der Waals surface area contributed by atoms with Gasteiger partial charge >= 0.3 is 0 Å². The molecule has 0 fully saturated rings. The summed E-state index contributed by atoms with van der Waals surface area (Å²) in [6, 6.07) is 13.5. The summed E-state index contributed by atoms with van der Waals surface area (Å²) < 4.78 is 9.77.